The maximum atomic E-state index is 12.0. The zero-order valence-corrected chi connectivity index (χ0v) is 11.7. The second-order valence-electron chi connectivity index (χ2n) is 4.22. The molecule has 0 aliphatic carbocycles. The van der Waals surface area contributed by atoms with E-state index in [4.69, 9.17) is 5.11 Å². The quantitative estimate of drug-likeness (QED) is 0.887. The van der Waals surface area contributed by atoms with Crippen LogP contribution in [-0.4, -0.2) is 22.0 Å². The summed E-state index contributed by atoms with van der Waals surface area (Å²) in [5.41, 5.74) is 2.16. The fraction of sp³-hybridized carbons (Fsp3) is 0.214. The first kappa shape index (κ1) is 14.2. The first-order chi connectivity index (χ1) is 9.58. The van der Waals surface area contributed by atoms with Gasteiger partial charge in [-0.15, -0.1) is 11.3 Å². The van der Waals surface area contributed by atoms with Gasteiger partial charge in [-0.2, -0.15) is 0 Å². The van der Waals surface area contributed by atoms with E-state index in [9.17, 15) is 9.59 Å². The molecule has 0 radical (unpaired) electrons. The average molecular weight is 290 g/mol. The Morgan fingerprint density at radius 3 is 2.60 bits per heavy atom. The van der Waals surface area contributed by atoms with E-state index in [2.05, 4.69) is 17.2 Å². The summed E-state index contributed by atoms with van der Waals surface area (Å²) in [4.78, 5) is 26.6. The summed E-state index contributed by atoms with van der Waals surface area (Å²) in [5, 5.41) is 13.4. The van der Waals surface area contributed by atoms with Gasteiger partial charge >= 0.3 is 5.97 Å². The zero-order chi connectivity index (χ0) is 14.5. The van der Waals surface area contributed by atoms with Crippen molar-refractivity contribution >= 4 is 28.3 Å². The number of amides is 1. The highest BCUT2D eigenvalue weighted by molar-refractivity contribution is 7.14. The molecule has 0 bridgehead atoms. The number of anilines is 1. The number of thiazole rings is 1. The Balaban J connectivity index is 2.03. The van der Waals surface area contributed by atoms with Gasteiger partial charge in [0.25, 0.3) is 5.91 Å². The van der Waals surface area contributed by atoms with Crippen molar-refractivity contribution in [1.29, 1.82) is 0 Å². The number of nitrogens with zero attached hydrogens (tertiary/aromatic N) is 1. The number of hydrogen-bond acceptors (Lipinski definition) is 4. The molecule has 20 heavy (non-hydrogen) atoms. The van der Waals surface area contributed by atoms with Crippen LogP contribution in [0.4, 0.5) is 5.13 Å². The lowest BCUT2D eigenvalue weighted by atomic mass is 10.1. The van der Waals surface area contributed by atoms with Crippen LogP contribution in [0.1, 0.15) is 28.5 Å². The highest BCUT2D eigenvalue weighted by Crippen LogP contribution is 2.17. The van der Waals surface area contributed by atoms with E-state index in [0.717, 1.165) is 6.42 Å². The fourth-order valence-electron chi connectivity index (χ4n) is 1.66. The molecule has 2 N–H and O–H groups in total. The van der Waals surface area contributed by atoms with E-state index >= 15 is 0 Å². The van der Waals surface area contributed by atoms with Gasteiger partial charge < -0.3 is 5.11 Å². The predicted molar refractivity (Wildman–Crippen MR) is 77.2 cm³/mol. The zero-order valence-electron chi connectivity index (χ0n) is 10.9. The number of rotatable bonds is 5. The van der Waals surface area contributed by atoms with Gasteiger partial charge in [0.2, 0.25) is 0 Å². The summed E-state index contributed by atoms with van der Waals surface area (Å²) in [6.45, 7) is 2.05. The Kier molecular flexibility index (Phi) is 4.47. The van der Waals surface area contributed by atoms with Crippen LogP contribution in [0.15, 0.2) is 29.6 Å². The molecule has 1 heterocycles. The first-order valence-corrected chi connectivity index (χ1v) is 7.03. The highest BCUT2D eigenvalue weighted by atomic mass is 32.1. The Morgan fingerprint density at radius 1 is 1.30 bits per heavy atom. The number of aryl methyl sites for hydroxylation is 1. The van der Waals surface area contributed by atoms with Crippen molar-refractivity contribution in [2.75, 3.05) is 5.32 Å². The molecule has 0 atom stereocenters. The molecule has 0 aliphatic rings. The molecule has 2 aromatic rings. The minimum atomic E-state index is -0.941. The van der Waals surface area contributed by atoms with Crippen LogP contribution >= 0.6 is 11.3 Å². The van der Waals surface area contributed by atoms with E-state index in [1.807, 2.05) is 12.1 Å². The van der Waals surface area contributed by atoms with Crippen LogP contribution in [-0.2, 0) is 17.6 Å². The third-order valence-corrected chi connectivity index (χ3v) is 3.54. The molecular formula is C14H14N2O3S. The highest BCUT2D eigenvalue weighted by Gasteiger charge is 2.10. The van der Waals surface area contributed by atoms with Gasteiger partial charge in [0.05, 0.1) is 12.1 Å². The molecule has 1 aromatic carbocycles. The standard InChI is InChI=1S/C14H14N2O3S/c1-2-9-3-5-10(6-4-9)13(19)16-14-15-11(8-20-14)7-12(17)18/h3-6,8H,2,7H2,1H3,(H,17,18)(H,15,16,19). The van der Waals surface area contributed by atoms with Gasteiger partial charge in [-0.3, -0.25) is 14.9 Å². The molecule has 6 heteroatoms. The number of nitrogens with one attached hydrogen (secondary N) is 1. The maximum Gasteiger partial charge on any atom is 0.309 e. The molecule has 1 amide bonds. The molecule has 0 unspecified atom stereocenters. The van der Waals surface area contributed by atoms with Crippen molar-refractivity contribution in [3.63, 3.8) is 0 Å². The Bertz CT molecular complexity index is 620. The lowest BCUT2D eigenvalue weighted by Crippen LogP contribution is -2.12. The number of hydrogen-bond donors (Lipinski definition) is 2. The van der Waals surface area contributed by atoms with Crippen molar-refractivity contribution in [3.05, 3.63) is 46.5 Å². The Hall–Kier alpha value is -2.21. The average Bonchev–Trinajstić information content (AvgIpc) is 2.85. The summed E-state index contributed by atoms with van der Waals surface area (Å²) in [7, 11) is 0. The molecule has 0 saturated heterocycles. The molecule has 1 aromatic heterocycles. The smallest absolute Gasteiger partial charge is 0.309 e. The monoisotopic (exact) mass is 290 g/mol. The first-order valence-electron chi connectivity index (χ1n) is 6.15. The summed E-state index contributed by atoms with van der Waals surface area (Å²) in [6, 6.07) is 7.35. The second kappa shape index (κ2) is 6.29. The third kappa shape index (κ3) is 3.64. The van der Waals surface area contributed by atoms with Crippen molar-refractivity contribution < 1.29 is 14.7 Å². The second-order valence-corrected chi connectivity index (χ2v) is 5.08. The van der Waals surface area contributed by atoms with E-state index in [1.54, 1.807) is 17.5 Å². The number of benzene rings is 1. The van der Waals surface area contributed by atoms with Gasteiger partial charge in [-0.25, -0.2) is 4.98 Å². The van der Waals surface area contributed by atoms with Crippen molar-refractivity contribution in [1.82, 2.24) is 4.98 Å². The molecular weight excluding hydrogens is 276 g/mol. The van der Waals surface area contributed by atoms with Gasteiger partial charge in [0.1, 0.15) is 0 Å². The Morgan fingerprint density at radius 2 is 2.00 bits per heavy atom. The molecule has 5 nitrogen and oxygen atoms in total. The Labute approximate surface area is 120 Å². The van der Waals surface area contributed by atoms with E-state index in [1.165, 1.54) is 16.9 Å². The van der Waals surface area contributed by atoms with Crippen LogP contribution in [0, 0.1) is 0 Å². The number of aromatic nitrogens is 1. The van der Waals surface area contributed by atoms with E-state index < -0.39 is 5.97 Å². The fourth-order valence-corrected chi connectivity index (χ4v) is 2.37. The third-order valence-electron chi connectivity index (χ3n) is 2.73. The summed E-state index contributed by atoms with van der Waals surface area (Å²) < 4.78 is 0. The van der Waals surface area contributed by atoms with Crippen LogP contribution in [0.5, 0.6) is 0 Å². The lowest BCUT2D eigenvalue weighted by molar-refractivity contribution is -0.136. The van der Waals surface area contributed by atoms with Crippen LogP contribution in [0.3, 0.4) is 0 Å². The van der Waals surface area contributed by atoms with Crippen LogP contribution in [0.25, 0.3) is 0 Å². The van der Waals surface area contributed by atoms with E-state index in [0.29, 0.717) is 16.4 Å². The summed E-state index contributed by atoms with van der Waals surface area (Å²) in [6.07, 6.45) is 0.782. The molecule has 0 spiro atoms. The largest absolute Gasteiger partial charge is 0.481 e. The molecule has 104 valence electrons. The minimum Gasteiger partial charge on any atom is -0.481 e. The maximum absolute atomic E-state index is 12.0. The molecule has 0 saturated carbocycles. The number of carbonyl (C=O) groups is 2. The van der Waals surface area contributed by atoms with Crippen molar-refractivity contribution in [2.24, 2.45) is 0 Å². The molecule has 0 fully saturated rings. The normalized spacial score (nSPS) is 10.2. The minimum absolute atomic E-state index is 0.141. The van der Waals surface area contributed by atoms with Gasteiger partial charge in [-0.05, 0) is 24.1 Å². The molecule has 2 rings (SSSR count). The number of carbonyl (C=O) groups excluding carboxylic acids is 1. The van der Waals surface area contributed by atoms with Gasteiger partial charge in [0, 0.05) is 10.9 Å². The number of carboxylic acids is 1. The lowest BCUT2D eigenvalue weighted by Gasteiger charge is -2.02. The van der Waals surface area contributed by atoms with Crippen molar-refractivity contribution in [3.8, 4) is 0 Å². The van der Waals surface area contributed by atoms with Crippen LogP contribution < -0.4 is 5.32 Å². The SMILES string of the molecule is CCc1ccc(C(=O)Nc2nc(CC(=O)O)cs2)cc1. The van der Waals surface area contributed by atoms with E-state index in [-0.39, 0.29) is 12.3 Å². The van der Waals surface area contributed by atoms with Gasteiger partial charge in [0.15, 0.2) is 5.13 Å². The number of aliphatic carboxylic acids is 1. The summed E-state index contributed by atoms with van der Waals surface area (Å²) in [5.74, 6) is -1.19. The topological polar surface area (TPSA) is 79.3 Å². The summed E-state index contributed by atoms with van der Waals surface area (Å²) >= 11 is 1.22. The molecule has 0 aliphatic heterocycles. The van der Waals surface area contributed by atoms with Gasteiger partial charge in [-0.1, -0.05) is 19.1 Å². The predicted octanol–water partition coefficient (Wildman–Crippen LogP) is 2.58. The number of carboxylic acid groups (broad SMARTS) is 1. The van der Waals surface area contributed by atoms with Crippen LogP contribution in [0.2, 0.25) is 0 Å². The van der Waals surface area contributed by atoms with Crippen molar-refractivity contribution in [2.45, 2.75) is 19.8 Å².